The van der Waals surface area contributed by atoms with Crippen molar-refractivity contribution in [3.05, 3.63) is 34.1 Å². The number of β-amino-alcohol motifs (C(OH)–C–C–N with tert-alkyl or cyclic N) is 1. The Morgan fingerprint density at radius 2 is 2.18 bits per heavy atom. The number of aliphatic hydroxyl groups is 1. The molecule has 0 spiro atoms. The van der Waals surface area contributed by atoms with Gasteiger partial charge in [-0.3, -0.25) is 15.0 Å². The fraction of sp³-hybridized carbons (Fsp3) is 0.571. The number of ether oxygens (including phenoxy) is 1. The summed E-state index contributed by atoms with van der Waals surface area (Å²) in [5.41, 5.74) is -1.23. The van der Waals surface area contributed by atoms with Gasteiger partial charge in [-0.25, -0.2) is 4.39 Å². The minimum atomic E-state index is -1.07. The predicted octanol–water partition coefficient (Wildman–Crippen LogP) is 1.23. The lowest BCUT2D eigenvalue weighted by molar-refractivity contribution is -0.384. The molecule has 1 heterocycles. The van der Waals surface area contributed by atoms with Gasteiger partial charge in [0.2, 0.25) is 0 Å². The van der Waals surface area contributed by atoms with Crippen molar-refractivity contribution in [2.75, 3.05) is 44.7 Å². The molecule has 1 saturated heterocycles. The lowest BCUT2D eigenvalue weighted by atomic mass is 10.1. The minimum Gasteiger partial charge on any atom is -0.387 e. The van der Waals surface area contributed by atoms with E-state index in [-0.39, 0.29) is 17.9 Å². The van der Waals surface area contributed by atoms with Gasteiger partial charge >= 0.3 is 0 Å². The molecule has 2 N–H and O–H groups in total. The van der Waals surface area contributed by atoms with Crippen molar-refractivity contribution >= 4 is 11.4 Å². The Kier molecular flexibility index (Phi) is 5.28. The molecule has 22 heavy (non-hydrogen) atoms. The van der Waals surface area contributed by atoms with Crippen molar-refractivity contribution in [2.45, 2.75) is 12.5 Å². The van der Waals surface area contributed by atoms with Crippen LogP contribution in [0.4, 0.5) is 15.8 Å². The van der Waals surface area contributed by atoms with Crippen LogP contribution in [0, 0.1) is 15.9 Å². The molecule has 1 aliphatic rings. The van der Waals surface area contributed by atoms with Gasteiger partial charge in [0.15, 0.2) is 0 Å². The molecule has 2 rings (SSSR count). The summed E-state index contributed by atoms with van der Waals surface area (Å²) < 4.78 is 18.3. The molecule has 0 saturated carbocycles. The molecule has 0 radical (unpaired) electrons. The Hall–Kier alpha value is -1.77. The summed E-state index contributed by atoms with van der Waals surface area (Å²) in [4.78, 5) is 12.4. The third-order valence-corrected chi connectivity index (χ3v) is 3.48. The van der Waals surface area contributed by atoms with E-state index in [4.69, 9.17) is 4.74 Å². The summed E-state index contributed by atoms with van der Waals surface area (Å²) in [6.45, 7) is 4.96. The predicted molar refractivity (Wildman–Crippen MR) is 79.4 cm³/mol. The van der Waals surface area contributed by atoms with Crippen molar-refractivity contribution in [1.29, 1.82) is 0 Å². The molecule has 0 amide bonds. The van der Waals surface area contributed by atoms with Gasteiger partial charge in [0.25, 0.3) is 5.69 Å². The average molecular weight is 313 g/mol. The number of halogens is 1. The average Bonchev–Trinajstić information content (AvgIpc) is 2.46. The first-order valence-corrected chi connectivity index (χ1v) is 7.08. The highest BCUT2D eigenvalue weighted by molar-refractivity contribution is 5.61. The number of nitrogens with one attached hydrogen (secondary N) is 1. The van der Waals surface area contributed by atoms with Crippen molar-refractivity contribution in [1.82, 2.24) is 4.90 Å². The van der Waals surface area contributed by atoms with Gasteiger partial charge in [0.1, 0.15) is 11.5 Å². The summed E-state index contributed by atoms with van der Waals surface area (Å²) in [7, 11) is 0. The molecule has 1 fully saturated rings. The van der Waals surface area contributed by atoms with E-state index in [1.807, 2.05) is 0 Å². The number of benzene rings is 1. The number of morpholine rings is 1. The number of nitro groups is 1. The van der Waals surface area contributed by atoms with Crippen LogP contribution in [0.2, 0.25) is 0 Å². The van der Waals surface area contributed by atoms with Gasteiger partial charge in [-0.05, 0) is 19.1 Å². The third-order valence-electron chi connectivity index (χ3n) is 3.48. The van der Waals surface area contributed by atoms with Gasteiger partial charge in [-0.2, -0.15) is 0 Å². The second-order valence-electron chi connectivity index (χ2n) is 5.66. The SMILES string of the molecule is C[C@@](O)(CNc1ccc(F)cc1[N+](=O)[O-])CN1CCOCC1. The van der Waals surface area contributed by atoms with E-state index in [1.54, 1.807) is 6.92 Å². The zero-order valence-electron chi connectivity index (χ0n) is 12.4. The van der Waals surface area contributed by atoms with E-state index in [9.17, 15) is 19.6 Å². The summed E-state index contributed by atoms with van der Waals surface area (Å²) in [5.74, 6) is -0.669. The van der Waals surface area contributed by atoms with E-state index < -0.39 is 16.3 Å². The summed E-state index contributed by atoms with van der Waals surface area (Å²) >= 11 is 0. The normalized spacial score (nSPS) is 18.7. The molecule has 1 aromatic rings. The van der Waals surface area contributed by atoms with E-state index in [0.717, 1.165) is 25.2 Å². The van der Waals surface area contributed by atoms with Crippen LogP contribution in [0.3, 0.4) is 0 Å². The fourth-order valence-corrected chi connectivity index (χ4v) is 2.39. The Labute approximate surface area is 127 Å². The fourth-order valence-electron chi connectivity index (χ4n) is 2.39. The minimum absolute atomic E-state index is 0.122. The van der Waals surface area contributed by atoms with Crippen molar-refractivity contribution in [3.63, 3.8) is 0 Å². The van der Waals surface area contributed by atoms with Crippen LogP contribution in [-0.4, -0.2) is 59.9 Å². The van der Waals surface area contributed by atoms with Crippen molar-refractivity contribution in [2.24, 2.45) is 0 Å². The number of nitro benzene ring substituents is 1. The van der Waals surface area contributed by atoms with Gasteiger partial charge in [-0.1, -0.05) is 0 Å². The largest absolute Gasteiger partial charge is 0.387 e. The van der Waals surface area contributed by atoms with Crippen LogP contribution >= 0.6 is 0 Å². The Balaban J connectivity index is 1.97. The molecular formula is C14H20FN3O4. The van der Waals surface area contributed by atoms with Crippen LogP contribution < -0.4 is 5.32 Å². The second kappa shape index (κ2) is 6.99. The number of nitrogens with zero attached hydrogens (tertiary/aromatic N) is 2. The molecule has 1 aliphatic heterocycles. The highest BCUT2D eigenvalue weighted by Gasteiger charge is 2.26. The first kappa shape index (κ1) is 16.6. The number of rotatable bonds is 6. The molecule has 0 aliphatic carbocycles. The molecule has 0 bridgehead atoms. The summed E-state index contributed by atoms with van der Waals surface area (Å²) in [5, 5.41) is 24.2. The van der Waals surface area contributed by atoms with E-state index in [1.165, 1.54) is 6.07 Å². The smallest absolute Gasteiger partial charge is 0.295 e. The summed E-state index contributed by atoms with van der Waals surface area (Å²) in [6.07, 6.45) is 0. The van der Waals surface area contributed by atoms with Crippen molar-refractivity contribution < 1.29 is 19.2 Å². The highest BCUT2D eigenvalue weighted by atomic mass is 19.1. The van der Waals surface area contributed by atoms with Crippen LogP contribution in [0.1, 0.15) is 6.92 Å². The van der Waals surface area contributed by atoms with E-state index >= 15 is 0 Å². The number of anilines is 1. The van der Waals surface area contributed by atoms with Gasteiger partial charge < -0.3 is 15.2 Å². The van der Waals surface area contributed by atoms with Crippen LogP contribution in [0.5, 0.6) is 0 Å². The molecule has 122 valence electrons. The Morgan fingerprint density at radius 3 is 2.82 bits per heavy atom. The maximum Gasteiger partial charge on any atom is 0.295 e. The van der Waals surface area contributed by atoms with Gasteiger partial charge in [0.05, 0.1) is 29.8 Å². The summed E-state index contributed by atoms with van der Waals surface area (Å²) in [6, 6.07) is 3.31. The van der Waals surface area contributed by atoms with E-state index in [2.05, 4.69) is 10.2 Å². The van der Waals surface area contributed by atoms with Crippen LogP contribution in [0.15, 0.2) is 18.2 Å². The Morgan fingerprint density at radius 1 is 1.50 bits per heavy atom. The molecule has 1 atom stereocenters. The van der Waals surface area contributed by atoms with Crippen LogP contribution in [-0.2, 0) is 4.74 Å². The quantitative estimate of drug-likeness (QED) is 0.607. The third kappa shape index (κ3) is 4.62. The van der Waals surface area contributed by atoms with Crippen LogP contribution in [0.25, 0.3) is 0 Å². The maximum atomic E-state index is 13.1. The monoisotopic (exact) mass is 313 g/mol. The van der Waals surface area contributed by atoms with Gasteiger partial charge in [-0.15, -0.1) is 0 Å². The first-order chi connectivity index (χ1) is 10.4. The maximum absolute atomic E-state index is 13.1. The van der Waals surface area contributed by atoms with E-state index in [0.29, 0.717) is 19.8 Å². The molecule has 0 aromatic heterocycles. The van der Waals surface area contributed by atoms with Crippen molar-refractivity contribution in [3.8, 4) is 0 Å². The second-order valence-corrected chi connectivity index (χ2v) is 5.66. The Bertz CT molecular complexity index is 533. The van der Waals surface area contributed by atoms with Gasteiger partial charge in [0, 0.05) is 26.2 Å². The lowest BCUT2D eigenvalue weighted by Crippen LogP contribution is -2.49. The standard InChI is InChI=1S/C14H20FN3O4/c1-14(19,10-17-4-6-22-7-5-17)9-16-12-3-2-11(15)8-13(12)18(20)21/h2-3,8,16,19H,4-7,9-10H2,1H3/t14-/m1/s1. The zero-order valence-corrected chi connectivity index (χ0v) is 12.4. The molecular weight excluding hydrogens is 293 g/mol. The first-order valence-electron chi connectivity index (χ1n) is 7.08. The molecule has 0 unspecified atom stereocenters. The number of hydrogen-bond acceptors (Lipinski definition) is 6. The molecule has 8 heteroatoms. The zero-order chi connectivity index (χ0) is 16.2. The molecule has 7 nitrogen and oxygen atoms in total. The lowest BCUT2D eigenvalue weighted by Gasteiger charge is -2.34. The highest BCUT2D eigenvalue weighted by Crippen LogP contribution is 2.25. The topological polar surface area (TPSA) is 87.9 Å². The number of hydrogen-bond donors (Lipinski definition) is 2. The molecule has 1 aromatic carbocycles.